The lowest BCUT2D eigenvalue weighted by Crippen LogP contribution is -1.80. The largest absolute Gasteiger partial charge is 0.508 e. The minimum Gasteiger partial charge on any atom is -0.508 e. The van der Waals surface area contributed by atoms with Gasteiger partial charge in [0, 0.05) is 6.07 Å². The molecule has 1 heterocycles. The van der Waals surface area contributed by atoms with Crippen LogP contribution in [0.2, 0.25) is 0 Å². The fraction of sp³-hybridized carbons (Fsp3) is 0.222. The van der Waals surface area contributed by atoms with E-state index in [4.69, 9.17) is 4.42 Å². The molecule has 0 aliphatic heterocycles. The zero-order valence-electron chi connectivity index (χ0n) is 7.44. The Morgan fingerprint density at radius 1 is 1.57 bits per heavy atom. The molecule has 0 amide bonds. The Labute approximate surface area is 88.4 Å². The zero-order chi connectivity index (χ0) is 10.1. The van der Waals surface area contributed by atoms with Crippen molar-refractivity contribution in [1.82, 2.24) is 0 Å². The van der Waals surface area contributed by atoms with Crippen molar-refractivity contribution in [2.24, 2.45) is 0 Å². The molecule has 0 aliphatic carbocycles. The number of thioether (sulfide) groups is 1. The number of aromatic hydroxyl groups is 1. The van der Waals surface area contributed by atoms with Crippen molar-refractivity contribution in [3.63, 3.8) is 0 Å². The first-order valence-electron chi connectivity index (χ1n) is 4.10. The van der Waals surface area contributed by atoms with E-state index in [1.165, 1.54) is 0 Å². The predicted octanol–water partition coefficient (Wildman–Crippen LogP) is 2.67. The van der Waals surface area contributed by atoms with E-state index < -0.39 is 0 Å². The van der Waals surface area contributed by atoms with Crippen molar-refractivity contribution in [2.75, 3.05) is 5.75 Å². The lowest BCUT2D eigenvalue weighted by molar-refractivity contribution is 0.474. The second-order valence-electron chi connectivity index (χ2n) is 2.66. The molecule has 0 bridgehead atoms. The lowest BCUT2D eigenvalue weighted by Gasteiger charge is -1.99. The minimum absolute atomic E-state index is 0.172. The van der Waals surface area contributed by atoms with Crippen molar-refractivity contribution in [2.45, 2.75) is 11.8 Å². The molecule has 1 aromatic carbocycles. The van der Waals surface area contributed by atoms with Gasteiger partial charge in [0.05, 0.1) is 9.60 Å². The number of fused-ring (bicyclic) bond motifs is 1. The second kappa shape index (κ2) is 3.67. The van der Waals surface area contributed by atoms with E-state index >= 15 is 0 Å². The van der Waals surface area contributed by atoms with Gasteiger partial charge in [-0.2, -0.15) is 0 Å². The van der Waals surface area contributed by atoms with Gasteiger partial charge >= 0.3 is 4.94 Å². The van der Waals surface area contributed by atoms with Crippen molar-refractivity contribution in [3.8, 4) is 5.75 Å². The van der Waals surface area contributed by atoms with Gasteiger partial charge in [-0.3, -0.25) is 0 Å². The summed E-state index contributed by atoms with van der Waals surface area (Å²) in [5.41, 5.74) is 0.588. The summed E-state index contributed by atoms with van der Waals surface area (Å²) in [4.78, 5) is 11.5. The molecule has 0 aliphatic rings. The Kier molecular flexibility index (Phi) is 2.52. The van der Waals surface area contributed by atoms with Crippen LogP contribution in [-0.4, -0.2) is 10.9 Å². The van der Waals surface area contributed by atoms with Crippen LogP contribution in [0.25, 0.3) is 10.3 Å². The van der Waals surface area contributed by atoms with Crippen molar-refractivity contribution >= 4 is 33.4 Å². The number of benzene rings is 1. The summed E-state index contributed by atoms with van der Waals surface area (Å²) in [7, 11) is 0. The van der Waals surface area contributed by atoms with Gasteiger partial charge in [0.2, 0.25) is 0 Å². The van der Waals surface area contributed by atoms with E-state index in [2.05, 4.69) is 0 Å². The van der Waals surface area contributed by atoms with Crippen molar-refractivity contribution in [3.05, 3.63) is 21.9 Å². The van der Waals surface area contributed by atoms with Crippen LogP contribution in [0.4, 0.5) is 0 Å². The van der Waals surface area contributed by atoms with Gasteiger partial charge < -0.3 is 9.52 Å². The molecular formula is C9H8O3S2. The molecule has 3 nitrogen and oxygen atoms in total. The molecule has 0 saturated heterocycles. The fourth-order valence-corrected chi connectivity index (χ4v) is 2.79. The molecule has 0 radical (unpaired) electrons. The third kappa shape index (κ3) is 1.65. The predicted molar refractivity (Wildman–Crippen MR) is 58.4 cm³/mol. The Morgan fingerprint density at radius 3 is 3.07 bits per heavy atom. The monoisotopic (exact) mass is 228 g/mol. The fourth-order valence-electron chi connectivity index (χ4n) is 1.20. The molecule has 2 aromatic rings. The quantitative estimate of drug-likeness (QED) is 0.803. The van der Waals surface area contributed by atoms with Gasteiger partial charge in [-0.1, -0.05) is 18.3 Å². The maximum Gasteiger partial charge on any atom is 0.396 e. The third-order valence-corrected chi connectivity index (χ3v) is 3.36. The number of phenols is 1. The first-order chi connectivity index (χ1) is 6.70. The first kappa shape index (κ1) is 9.61. The summed E-state index contributed by atoms with van der Waals surface area (Å²) in [5, 5.41) is 9.40. The summed E-state index contributed by atoms with van der Waals surface area (Å²) in [5.74, 6) is 1.04. The smallest absolute Gasteiger partial charge is 0.396 e. The zero-order valence-corrected chi connectivity index (χ0v) is 9.08. The summed E-state index contributed by atoms with van der Waals surface area (Å²) in [6, 6.07) is 3.16. The molecule has 0 atom stereocenters. The Balaban J connectivity index is 2.72. The highest BCUT2D eigenvalue weighted by Gasteiger charge is 2.09. The van der Waals surface area contributed by atoms with E-state index in [1.807, 2.05) is 6.92 Å². The molecule has 0 fully saturated rings. The van der Waals surface area contributed by atoms with Crippen LogP contribution in [0.5, 0.6) is 5.75 Å². The van der Waals surface area contributed by atoms with Gasteiger partial charge in [-0.15, -0.1) is 11.8 Å². The normalized spacial score (nSPS) is 10.9. The molecular weight excluding hydrogens is 220 g/mol. The Bertz CT molecular complexity index is 512. The Hall–Kier alpha value is -0.940. The Morgan fingerprint density at radius 2 is 2.36 bits per heavy atom. The number of phenolic OH excluding ortho intramolecular Hbond substituents is 1. The second-order valence-corrected chi connectivity index (χ2v) is 4.94. The topological polar surface area (TPSA) is 50.4 Å². The highest BCUT2D eigenvalue weighted by molar-refractivity contribution is 7.99. The molecule has 74 valence electrons. The summed E-state index contributed by atoms with van der Waals surface area (Å²) in [6.07, 6.45) is 0. The maximum absolute atomic E-state index is 11.0. The van der Waals surface area contributed by atoms with Crippen LogP contribution < -0.4 is 4.94 Å². The number of rotatable bonds is 2. The molecule has 0 saturated carbocycles. The molecule has 1 aromatic heterocycles. The van der Waals surface area contributed by atoms with E-state index in [1.54, 1.807) is 23.9 Å². The SMILES string of the molecule is CCSc1cc(O)cc2sc(=O)oc12. The van der Waals surface area contributed by atoms with Gasteiger partial charge in [-0.25, -0.2) is 4.79 Å². The average molecular weight is 228 g/mol. The van der Waals surface area contributed by atoms with Crippen LogP contribution in [-0.2, 0) is 0 Å². The van der Waals surface area contributed by atoms with E-state index in [0.717, 1.165) is 22.0 Å². The van der Waals surface area contributed by atoms with E-state index in [0.29, 0.717) is 10.3 Å². The van der Waals surface area contributed by atoms with E-state index in [9.17, 15) is 9.90 Å². The van der Waals surface area contributed by atoms with Crippen LogP contribution in [0.3, 0.4) is 0 Å². The molecule has 1 N–H and O–H groups in total. The van der Waals surface area contributed by atoms with Crippen molar-refractivity contribution in [1.29, 1.82) is 0 Å². The minimum atomic E-state index is -0.330. The number of hydrogen-bond donors (Lipinski definition) is 1. The summed E-state index contributed by atoms with van der Waals surface area (Å²) < 4.78 is 5.74. The van der Waals surface area contributed by atoms with Crippen LogP contribution in [0, 0.1) is 0 Å². The highest BCUT2D eigenvalue weighted by atomic mass is 32.2. The summed E-state index contributed by atoms with van der Waals surface area (Å²) in [6.45, 7) is 2.00. The van der Waals surface area contributed by atoms with Crippen molar-refractivity contribution < 1.29 is 9.52 Å². The van der Waals surface area contributed by atoms with Gasteiger partial charge in [-0.05, 0) is 11.8 Å². The van der Waals surface area contributed by atoms with Gasteiger partial charge in [0.25, 0.3) is 0 Å². The lowest BCUT2D eigenvalue weighted by atomic mass is 10.3. The molecule has 5 heteroatoms. The number of hydrogen-bond acceptors (Lipinski definition) is 5. The van der Waals surface area contributed by atoms with Gasteiger partial charge in [0.15, 0.2) is 5.58 Å². The first-order valence-corrected chi connectivity index (χ1v) is 5.90. The molecule has 14 heavy (non-hydrogen) atoms. The van der Waals surface area contributed by atoms with E-state index in [-0.39, 0.29) is 10.7 Å². The van der Waals surface area contributed by atoms with Crippen LogP contribution >= 0.6 is 23.1 Å². The molecule has 0 spiro atoms. The summed E-state index contributed by atoms with van der Waals surface area (Å²) >= 11 is 2.56. The third-order valence-electron chi connectivity index (χ3n) is 1.68. The van der Waals surface area contributed by atoms with Crippen LogP contribution in [0.15, 0.2) is 26.2 Å². The standard InChI is InChI=1S/C9H8O3S2/c1-2-13-6-3-5(10)4-7-8(6)12-9(11)14-7/h3-4,10H,2H2,1H3. The van der Waals surface area contributed by atoms with Gasteiger partial charge in [0.1, 0.15) is 5.75 Å². The highest BCUT2D eigenvalue weighted by Crippen LogP contribution is 2.32. The molecule has 2 rings (SSSR count). The molecule has 0 unspecified atom stereocenters. The average Bonchev–Trinajstić information content (AvgIpc) is 2.45. The maximum atomic E-state index is 11.0. The van der Waals surface area contributed by atoms with Crippen LogP contribution in [0.1, 0.15) is 6.92 Å².